The molecule has 1 amide bonds. The fourth-order valence-electron chi connectivity index (χ4n) is 1.78. The minimum atomic E-state index is -0.194. The van der Waals surface area contributed by atoms with Gasteiger partial charge in [-0.05, 0) is 31.0 Å². The molecule has 0 aliphatic heterocycles. The number of benzene rings is 1. The van der Waals surface area contributed by atoms with Gasteiger partial charge in [0.25, 0.3) is 5.91 Å². The lowest BCUT2D eigenvalue weighted by Gasteiger charge is -2.05. The Labute approximate surface area is 119 Å². The predicted molar refractivity (Wildman–Crippen MR) is 76.1 cm³/mol. The van der Waals surface area contributed by atoms with Crippen molar-refractivity contribution in [2.75, 3.05) is 5.32 Å². The smallest absolute Gasteiger partial charge is 0.258 e. The fraction of sp³-hybridized carbons (Fsp3) is 0.214. The van der Waals surface area contributed by atoms with Crippen LogP contribution in [0, 0.1) is 0 Å². The highest BCUT2D eigenvalue weighted by Gasteiger charge is 2.26. The van der Waals surface area contributed by atoms with Crippen LogP contribution in [0.3, 0.4) is 0 Å². The summed E-state index contributed by atoms with van der Waals surface area (Å²) < 4.78 is 0.922. The van der Waals surface area contributed by atoms with Gasteiger partial charge in [0.1, 0.15) is 5.82 Å². The fourth-order valence-corrected chi connectivity index (χ4v) is 2.18. The van der Waals surface area contributed by atoms with Gasteiger partial charge in [-0.1, -0.05) is 22.0 Å². The summed E-state index contributed by atoms with van der Waals surface area (Å²) in [7, 11) is 0. The standard InChI is InChI=1S/C14H12BrN3O/c15-11-2-1-3-12(6-11)18-14(19)10-7-16-13(17-8-10)9-4-5-9/h1-3,6-9H,4-5H2,(H,18,19). The quantitative estimate of drug-likeness (QED) is 0.944. The molecule has 0 unspecified atom stereocenters. The molecule has 0 saturated heterocycles. The van der Waals surface area contributed by atoms with Crippen LogP contribution in [0.25, 0.3) is 0 Å². The number of nitrogens with one attached hydrogen (secondary N) is 1. The van der Waals surface area contributed by atoms with Crippen LogP contribution in [-0.4, -0.2) is 15.9 Å². The van der Waals surface area contributed by atoms with Gasteiger partial charge < -0.3 is 5.32 Å². The summed E-state index contributed by atoms with van der Waals surface area (Å²) in [6.07, 6.45) is 5.50. The van der Waals surface area contributed by atoms with E-state index < -0.39 is 0 Å². The van der Waals surface area contributed by atoms with E-state index in [2.05, 4.69) is 31.2 Å². The summed E-state index contributed by atoms with van der Waals surface area (Å²) in [6.45, 7) is 0. The molecule has 0 bridgehead atoms. The number of carbonyl (C=O) groups excluding carboxylic acids is 1. The summed E-state index contributed by atoms with van der Waals surface area (Å²) in [5, 5.41) is 2.81. The van der Waals surface area contributed by atoms with Crippen molar-refractivity contribution in [3.05, 3.63) is 52.5 Å². The maximum Gasteiger partial charge on any atom is 0.258 e. The Hall–Kier alpha value is -1.75. The van der Waals surface area contributed by atoms with Crippen LogP contribution in [-0.2, 0) is 0 Å². The SMILES string of the molecule is O=C(Nc1cccc(Br)c1)c1cnc(C2CC2)nc1. The molecule has 1 fully saturated rings. The van der Waals surface area contributed by atoms with Crippen LogP contribution in [0.4, 0.5) is 5.69 Å². The number of halogens is 1. The van der Waals surface area contributed by atoms with E-state index in [0.717, 1.165) is 28.8 Å². The maximum absolute atomic E-state index is 12.0. The minimum absolute atomic E-state index is 0.194. The number of nitrogens with zero attached hydrogens (tertiary/aromatic N) is 2. The number of hydrogen-bond donors (Lipinski definition) is 1. The monoisotopic (exact) mass is 317 g/mol. The molecule has 1 N–H and O–H groups in total. The van der Waals surface area contributed by atoms with Gasteiger partial charge in [-0.25, -0.2) is 9.97 Å². The molecule has 1 aromatic carbocycles. The molecule has 96 valence electrons. The van der Waals surface area contributed by atoms with Crippen LogP contribution >= 0.6 is 15.9 Å². The first-order chi connectivity index (χ1) is 9.22. The summed E-state index contributed by atoms with van der Waals surface area (Å²) in [5.41, 5.74) is 1.22. The van der Waals surface area contributed by atoms with Crippen LogP contribution in [0.15, 0.2) is 41.1 Å². The Morgan fingerprint density at radius 1 is 1.26 bits per heavy atom. The third kappa shape index (κ3) is 2.98. The van der Waals surface area contributed by atoms with E-state index in [-0.39, 0.29) is 5.91 Å². The number of amides is 1. The zero-order valence-corrected chi connectivity index (χ0v) is 11.7. The average molecular weight is 318 g/mol. The second kappa shape index (κ2) is 5.09. The van der Waals surface area contributed by atoms with Gasteiger partial charge in [0.15, 0.2) is 0 Å². The van der Waals surface area contributed by atoms with Crippen molar-refractivity contribution in [1.29, 1.82) is 0 Å². The molecule has 4 nitrogen and oxygen atoms in total. The van der Waals surface area contributed by atoms with Gasteiger partial charge in [-0.2, -0.15) is 0 Å². The van der Waals surface area contributed by atoms with Crippen LogP contribution in [0.1, 0.15) is 34.9 Å². The van der Waals surface area contributed by atoms with Gasteiger partial charge in [0.05, 0.1) is 5.56 Å². The molecule has 0 atom stereocenters. The first-order valence-electron chi connectivity index (χ1n) is 6.11. The molecular weight excluding hydrogens is 306 g/mol. The normalized spacial score (nSPS) is 14.2. The molecule has 0 spiro atoms. The van der Waals surface area contributed by atoms with E-state index in [9.17, 15) is 4.79 Å². The van der Waals surface area contributed by atoms with Crippen molar-refractivity contribution in [2.45, 2.75) is 18.8 Å². The second-order valence-corrected chi connectivity index (χ2v) is 5.48. The lowest BCUT2D eigenvalue weighted by molar-refractivity contribution is 0.102. The third-order valence-corrected chi connectivity index (χ3v) is 3.45. The van der Waals surface area contributed by atoms with Crippen molar-refractivity contribution in [1.82, 2.24) is 9.97 Å². The summed E-state index contributed by atoms with van der Waals surface area (Å²) in [4.78, 5) is 20.5. The van der Waals surface area contributed by atoms with Crippen LogP contribution in [0.5, 0.6) is 0 Å². The topological polar surface area (TPSA) is 54.9 Å². The zero-order valence-electron chi connectivity index (χ0n) is 10.1. The van der Waals surface area contributed by atoms with E-state index in [1.807, 2.05) is 24.3 Å². The van der Waals surface area contributed by atoms with Crippen LogP contribution < -0.4 is 5.32 Å². The highest BCUT2D eigenvalue weighted by Crippen LogP contribution is 2.37. The number of rotatable bonds is 3. The summed E-state index contributed by atoms with van der Waals surface area (Å²) in [6, 6.07) is 7.45. The third-order valence-electron chi connectivity index (χ3n) is 2.96. The van der Waals surface area contributed by atoms with E-state index in [1.165, 1.54) is 0 Å². The number of carbonyl (C=O) groups is 1. The number of anilines is 1. The molecule has 1 aromatic heterocycles. The summed E-state index contributed by atoms with van der Waals surface area (Å²) in [5.74, 6) is 1.15. The molecule has 19 heavy (non-hydrogen) atoms. The molecule has 0 radical (unpaired) electrons. The molecule has 5 heteroatoms. The molecule has 1 aliphatic carbocycles. The highest BCUT2D eigenvalue weighted by molar-refractivity contribution is 9.10. The largest absolute Gasteiger partial charge is 0.322 e. The first kappa shape index (κ1) is 12.3. The first-order valence-corrected chi connectivity index (χ1v) is 6.90. The Kier molecular flexibility index (Phi) is 3.29. The van der Waals surface area contributed by atoms with Gasteiger partial charge >= 0.3 is 0 Å². The molecular formula is C14H12BrN3O. The molecule has 1 heterocycles. The van der Waals surface area contributed by atoms with Crippen molar-refractivity contribution < 1.29 is 4.79 Å². The van der Waals surface area contributed by atoms with Gasteiger partial charge in [0.2, 0.25) is 0 Å². The van der Waals surface area contributed by atoms with E-state index in [4.69, 9.17) is 0 Å². The Balaban J connectivity index is 1.72. The lowest BCUT2D eigenvalue weighted by atomic mass is 10.2. The Morgan fingerprint density at radius 3 is 2.63 bits per heavy atom. The molecule has 2 aromatic rings. The lowest BCUT2D eigenvalue weighted by Crippen LogP contribution is -2.13. The highest BCUT2D eigenvalue weighted by atomic mass is 79.9. The van der Waals surface area contributed by atoms with Gasteiger partial charge in [0, 0.05) is 28.5 Å². The predicted octanol–water partition coefficient (Wildman–Crippen LogP) is 3.37. The van der Waals surface area contributed by atoms with Gasteiger partial charge in [-0.15, -0.1) is 0 Å². The molecule has 1 aliphatic rings. The van der Waals surface area contributed by atoms with E-state index >= 15 is 0 Å². The van der Waals surface area contributed by atoms with E-state index in [1.54, 1.807) is 12.4 Å². The number of hydrogen-bond acceptors (Lipinski definition) is 3. The Bertz CT molecular complexity index is 608. The summed E-state index contributed by atoms with van der Waals surface area (Å²) >= 11 is 3.36. The van der Waals surface area contributed by atoms with Gasteiger partial charge in [-0.3, -0.25) is 4.79 Å². The Morgan fingerprint density at radius 2 is 2.00 bits per heavy atom. The van der Waals surface area contributed by atoms with Crippen molar-refractivity contribution in [2.24, 2.45) is 0 Å². The van der Waals surface area contributed by atoms with Crippen LogP contribution in [0.2, 0.25) is 0 Å². The zero-order chi connectivity index (χ0) is 13.2. The van der Waals surface area contributed by atoms with Crippen molar-refractivity contribution in [3.63, 3.8) is 0 Å². The minimum Gasteiger partial charge on any atom is -0.322 e. The van der Waals surface area contributed by atoms with Crippen molar-refractivity contribution in [3.8, 4) is 0 Å². The van der Waals surface area contributed by atoms with E-state index in [0.29, 0.717) is 11.5 Å². The second-order valence-electron chi connectivity index (χ2n) is 4.57. The van der Waals surface area contributed by atoms with Crippen molar-refractivity contribution >= 4 is 27.5 Å². The number of aromatic nitrogens is 2. The maximum atomic E-state index is 12.0. The average Bonchev–Trinajstić information content (AvgIpc) is 3.23. The molecule has 3 rings (SSSR count). The molecule has 1 saturated carbocycles.